The van der Waals surface area contributed by atoms with Gasteiger partial charge in [-0.25, -0.2) is 22.8 Å². The normalized spacial score (nSPS) is 20.1. The molecule has 6 rings (SSSR count). The number of hydrogen-bond acceptors (Lipinski definition) is 9. The van der Waals surface area contributed by atoms with Crippen molar-refractivity contribution >= 4 is 24.4 Å². The lowest BCUT2D eigenvalue weighted by Gasteiger charge is -2.37. The third-order valence-corrected chi connectivity index (χ3v) is 10.4. The van der Waals surface area contributed by atoms with Crippen molar-refractivity contribution in [1.29, 1.82) is 0 Å². The summed E-state index contributed by atoms with van der Waals surface area (Å²) in [7, 11) is 1.61. The van der Waals surface area contributed by atoms with Crippen molar-refractivity contribution in [1.82, 2.24) is 19.4 Å². The number of benzene rings is 3. The van der Waals surface area contributed by atoms with E-state index in [4.69, 9.17) is 9.47 Å². The van der Waals surface area contributed by atoms with Gasteiger partial charge in [0.25, 0.3) is 0 Å². The van der Waals surface area contributed by atoms with Crippen molar-refractivity contribution in [2.24, 2.45) is 21.9 Å². The predicted molar refractivity (Wildman–Crippen MR) is 207 cm³/mol. The van der Waals surface area contributed by atoms with Gasteiger partial charge in [0, 0.05) is 68.9 Å². The Morgan fingerprint density at radius 1 is 1.04 bits per heavy atom. The Kier molecular flexibility index (Phi) is 12.1. The second-order valence-electron chi connectivity index (χ2n) is 14.3. The highest BCUT2D eigenvalue weighted by molar-refractivity contribution is 5.56. The van der Waals surface area contributed by atoms with E-state index in [9.17, 15) is 14.3 Å². The van der Waals surface area contributed by atoms with Crippen LogP contribution >= 0.6 is 0 Å². The molecule has 14 heteroatoms. The smallest absolute Gasteiger partial charge is 0.350 e. The number of aromatic nitrogens is 3. The Morgan fingerprint density at radius 2 is 1.67 bits per heavy atom. The molecule has 0 spiro atoms. The largest absolute Gasteiger partial charge is 0.493 e. The van der Waals surface area contributed by atoms with E-state index in [1.54, 1.807) is 7.05 Å². The Hall–Kier alpha value is -5.08. The summed E-state index contributed by atoms with van der Waals surface area (Å²) in [4.78, 5) is 21.9. The van der Waals surface area contributed by atoms with E-state index in [1.807, 2.05) is 57.2 Å². The molecule has 0 saturated carbocycles. The van der Waals surface area contributed by atoms with Crippen LogP contribution in [0.15, 0.2) is 87.9 Å². The first kappa shape index (κ1) is 38.6. The number of aliphatic hydroxyl groups excluding tert-OH is 1. The van der Waals surface area contributed by atoms with Crippen LogP contribution in [0.1, 0.15) is 45.2 Å². The number of nitrogens with zero attached hydrogens (tertiary/aromatic N) is 8. The van der Waals surface area contributed by atoms with Crippen LogP contribution in [0.4, 0.5) is 20.2 Å². The summed E-state index contributed by atoms with van der Waals surface area (Å²) in [5.41, 5.74) is 1.83. The van der Waals surface area contributed by atoms with E-state index in [-0.39, 0.29) is 35.7 Å². The topological polar surface area (TPSA) is 113 Å². The average Bonchev–Trinajstić information content (AvgIpc) is 3.77. The second kappa shape index (κ2) is 16.9. The Balaban J connectivity index is 1.02. The Morgan fingerprint density at radius 3 is 2.24 bits per heavy atom. The van der Waals surface area contributed by atoms with Crippen LogP contribution in [0, 0.1) is 23.5 Å². The molecule has 54 heavy (non-hydrogen) atoms. The van der Waals surface area contributed by atoms with Crippen LogP contribution in [-0.2, 0) is 10.3 Å². The molecular formula is C40H50F2N8O4. The van der Waals surface area contributed by atoms with Crippen LogP contribution in [0.25, 0.3) is 5.69 Å². The molecule has 2 fully saturated rings. The maximum absolute atomic E-state index is 15.0. The molecule has 0 radical (unpaired) electrons. The molecule has 1 N–H and O–H groups in total. The fraction of sp³-hybridized carbons (Fsp3) is 0.450. The van der Waals surface area contributed by atoms with E-state index in [0.29, 0.717) is 26.1 Å². The monoisotopic (exact) mass is 744 g/mol. The van der Waals surface area contributed by atoms with E-state index in [2.05, 4.69) is 43.8 Å². The SMILES string of the molecule is C=NN(C=NC)CC1(c2ccc(F)cc2F)CC(COc2ccc(N3CCN(c4ccc(-n5cnn(C(CC)C(O)C(C)C)c5=O)cc4)CC3)cc2)CO1. The molecule has 1 aromatic heterocycles. The van der Waals surface area contributed by atoms with Gasteiger partial charge in [0.05, 0.1) is 37.6 Å². The van der Waals surface area contributed by atoms with E-state index in [1.165, 1.54) is 39.1 Å². The fourth-order valence-corrected chi connectivity index (χ4v) is 7.47. The zero-order valence-electron chi connectivity index (χ0n) is 31.4. The highest BCUT2D eigenvalue weighted by atomic mass is 19.1. The molecule has 2 aliphatic rings. The zero-order chi connectivity index (χ0) is 38.4. The van der Waals surface area contributed by atoms with Crippen LogP contribution in [-0.4, -0.2) is 96.6 Å². The highest BCUT2D eigenvalue weighted by Gasteiger charge is 2.45. The van der Waals surface area contributed by atoms with Crippen LogP contribution in [0.5, 0.6) is 5.75 Å². The molecule has 0 bridgehead atoms. The molecular weight excluding hydrogens is 694 g/mol. The fourth-order valence-electron chi connectivity index (χ4n) is 7.47. The van der Waals surface area contributed by atoms with Crippen molar-refractivity contribution in [2.75, 3.05) is 62.8 Å². The first-order valence-corrected chi connectivity index (χ1v) is 18.5. The van der Waals surface area contributed by atoms with Crippen LogP contribution in [0.3, 0.4) is 0 Å². The van der Waals surface area contributed by atoms with Crippen molar-refractivity contribution in [3.8, 4) is 11.4 Å². The van der Waals surface area contributed by atoms with Gasteiger partial charge in [0.15, 0.2) is 0 Å². The molecule has 4 aromatic rings. The van der Waals surface area contributed by atoms with Crippen molar-refractivity contribution in [3.63, 3.8) is 0 Å². The standard InChI is InChI=1S/C40H50F2N8O4/c1-6-37(38(51)28(2)3)50-39(52)49(27-45-50)33-10-8-31(9-11-33)46-17-19-47(20-18-46)32-12-14-34(15-13-32)53-23-29-22-40(54-24-29,25-48(44-5)26-43-4)35-16-7-30(41)21-36(35)42/h7-16,21,26-29,37-38,51H,5-6,17-20,22-25H2,1-4H3. The number of aliphatic imine (C=N–C) groups is 1. The summed E-state index contributed by atoms with van der Waals surface area (Å²) >= 11 is 0. The van der Waals surface area contributed by atoms with Gasteiger partial charge in [-0.3, -0.25) is 10.0 Å². The number of hydrogen-bond donors (Lipinski definition) is 1. The van der Waals surface area contributed by atoms with Crippen molar-refractivity contribution in [3.05, 3.63) is 101 Å². The van der Waals surface area contributed by atoms with Gasteiger partial charge in [-0.15, -0.1) is 0 Å². The maximum Gasteiger partial charge on any atom is 0.350 e. The molecule has 2 aliphatic heterocycles. The van der Waals surface area contributed by atoms with Gasteiger partial charge in [0.2, 0.25) is 0 Å². The van der Waals surface area contributed by atoms with Gasteiger partial charge >= 0.3 is 5.69 Å². The summed E-state index contributed by atoms with van der Waals surface area (Å²) in [6, 6.07) is 19.1. The lowest BCUT2D eigenvalue weighted by atomic mass is 9.86. The minimum atomic E-state index is -1.08. The van der Waals surface area contributed by atoms with E-state index >= 15 is 4.39 Å². The minimum absolute atomic E-state index is 0.0111. The molecule has 288 valence electrons. The second-order valence-corrected chi connectivity index (χ2v) is 14.3. The number of aliphatic hydroxyl groups is 1. The summed E-state index contributed by atoms with van der Waals surface area (Å²) in [5, 5.41) is 20.4. The molecule has 3 heterocycles. The molecule has 3 aromatic carbocycles. The maximum atomic E-state index is 15.0. The van der Waals surface area contributed by atoms with E-state index in [0.717, 1.165) is 55.1 Å². The third kappa shape index (κ3) is 8.34. The highest BCUT2D eigenvalue weighted by Crippen LogP contribution is 2.41. The lowest BCUT2D eigenvalue weighted by molar-refractivity contribution is -0.0179. The number of rotatable bonds is 15. The zero-order valence-corrected chi connectivity index (χ0v) is 31.4. The first-order chi connectivity index (χ1) is 26.0. The quantitative estimate of drug-likeness (QED) is 0.0967. The average molecular weight is 745 g/mol. The molecule has 4 atom stereocenters. The van der Waals surface area contributed by atoms with E-state index < -0.39 is 23.3 Å². The number of anilines is 2. The third-order valence-electron chi connectivity index (χ3n) is 10.4. The summed E-state index contributed by atoms with van der Waals surface area (Å²) in [6.45, 7) is 13.6. The molecule has 2 saturated heterocycles. The summed E-state index contributed by atoms with van der Waals surface area (Å²) in [5.74, 6) is -0.637. The van der Waals surface area contributed by atoms with Crippen LogP contribution < -0.4 is 20.2 Å². The van der Waals surface area contributed by atoms with Gasteiger partial charge in [-0.2, -0.15) is 10.2 Å². The molecule has 0 amide bonds. The number of hydrazone groups is 1. The number of ether oxygens (including phenoxy) is 2. The Labute approximate surface area is 314 Å². The summed E-state index contributed by atoms with van der Waals surface area (Å²) < 4.78 is 44.2. The van der Waals surface area contributed by atoms with Crippen molar-refractivity contribution in [2.45, 2.75) is 51.4 Å². The first-order valence-electron chi connectivity index (χ1n) is 18.5. The van der Waals surface area contributed by atoms with Crippen molar-refractivity contribution < 1.29 is 23.4 Å². The van der Waals surface area contributed by atoms with Gasteiger partial charge < -0.3 is 24.4 Å². The minimum Gasteiger partial charge on any atom is -0.493 e. The van der Waals surface area contributed by atoms with Gasteiger partial charge in [0.1, 0.15) is 35.7 Å². The number of piperazine rings is 1. The lowest BCUT2D eigenvalue weighted by Crippen LogP contribution is -2.46. The number of halogens is 2. The van der Waals surface area contributed by atoms with Gasteiger partial charge in [-0.1, -0.05) is 26.8 Å². The Bertz CT molecular complexity index is 1940. The molecule has 12 nitrogen and oxygen atoms in total. The summed E-state index contributed by atoms with van der Waals surface area (Å²) in [6.07, 6.45) is 3.40. The predicted octanol–water partition coefficient (Wildman–Crippen LogP) is 5.49. The molecule has 0 aliphatic carbocycles. The van der Waals surface area contributed by atoms with Gasteiger partial charge in [-0.05, 0) is 73.4 Å². The molecule has 4 unspecified atom stereocenters. The van der Waals surface area contributed by atoms with Crippen LogP contribution in [0.2, 0.25) is 0 Å².